The summed E-state index contributed by atoms with van der Waals surface area (Å²) in [6.45, 7) is 0. The average Bonchev–Trinajstić information content (AvgIpc) is 2.45. The zero-order valence-electron chi connectivity index (χ0n) is 12.4. The Morgan fingerprint density at radius 1 is 1.21 bits per heavy atom. The van der Waals surface area contributed by atoms with Gasteiger partial charge in [0.15, 0.2) is 20.6 Å². The summed E-state index contributed by atoms with van der Waals surface area (Å²) >= 11 is 9.09. The Bertz CT molecular complexity index is 976. The molecule has 0 radical (unpaired) electrons. The van der Waals surface area contributed by atoms with Crippen molar-refractivity contribution in [3.05, 3.63) is 40.0 Å². The van der Waals surface area contributed by atoms with Gasteiger partial charge in [0.05, 0.1) is 23.5 Å². The summed E-state index contributed by atoms with van der Waals surface area (Å²) in [5, 5.41) is 0.0436. The van der Waals surface area contributed by atoms with E-state index in [2.05, 4.69) is 25.6 Å². The molecule has 0 bridgehead atoms. The lowest BCUT2D eigenvalue weighted by atomic mass is 10.3. The molecule has 0 aliphatic heterocycles. The van der Waals surface area contributed by atoms with Gasteiger partial charge in [-0.1, -0.05) is 11.6 Å². The van der Waals surface area contributed by atoms with E-state index in [4.69, 9.17) is 16.3 Å². The van der Waals surface area contributed by atoms with E-state index in [0.717, 1.165) is 12.5 Å². The van der Waals surface area contributed by atoms with Gasteiger partial charge in [0.1, 0.15) is 4.90 Å². The topological polar surface area (TPSA) is 102 Å². The molecular formula is C13H12BrClN2O5S2. The Labute approximate surface area is 153 Å². The second-order valence-corrected chi connectivity index (χ2v) is 9.59. The standard InChI is InChI=1S/C13H12BrClN2O5S2/c1-22-13-10(14)5-8(15)6-11(13)24(20,21)17-9-3-4-12(16-7-9)23(2,18)19/h3-7,17H,1-2H3. The third-order valence-corrected chi connectivity index (χ3v) is 6.03. The van der Waals surface area contributed by atoms with Gasteiger partial charge in [-0.2, -0.15) is 0 Å². The second-order valence-electron chi connectivity index (χ2n) is 4.68. The number of benzene rings is 1. The number of methoxy groups -OCH3 is 1. The first-order valence-corrected chi connectivity index (χ1v) is 10.8. The summed E-state index contributed by atoms with van der Waals surface area (Å²) in [7, 11) is -6.17. The maximum atomic E-state index is 12.6. The number of hydrogen-bond acceptors (Lipinski definition) is 6. The Morgan fingerprint density at radius 3 is 2.38 bits per heavy atom. The van der Waals surface area contributed by atoms with Crippen molar-refractivity contribution < 1.29 is 21.6 Å². The van der Waals surface area contributed by atoms with Crippen molar-refractivity contribution in [2.45, 2.75) is 9.92 Å². The van der Waals surface area contributed by atoms with Crippen molar-refractivity contribution in [1.82, 2.24) is 4.98 Å². The normalized spacial score (nSPS) is 12.0. The Kier molecular flexibility index (Phi) is 5.43. The minimum Gasteiger partial charge on any atom is -0.494 e. The fraction of sp³-hybridized carbons (Fsp3) is 0.154. The van der Waals surface area contributed by atoms with Gasteiger partial charge in [-0.25, -0.2) is 21.8 Å². The third kappa shape index (κ3) is 4.18. The molecule has 11 heteroatoms. The van der Waals surface area contributed by atoms with Crippen LogP contribution in [0.5, 0.6) is 5.75 Å². The van der Waals surface area contributed by atoms with E-state index in [1.807, 2.05) is 0 Å². The lowest BCUT2D eigenvalue weighted by Gasteiger charge is -2.13. The van der Waals surface area contributed by atoms with Crippen molar-refractivity contribution in [1.29, 1.82) is 0 Å². The number of ether oxygens (including phenoxy) is 1. The number of nitrogens with zero attached hydrogens (tertiary/aromatic N) is 1. The van der Waals surface area contributed by atoms with Crippen LogP contribution in [0.15, 0.2) is 44.9 Å². The molecule has 0 atom stereocenters. The fourth-order valence-corrected chi connectivity index (χ4v) is 4.79. The van der Waals surface area contributed by atoms with Crippen molar-refractivity contribution in [2.24, 2.45) is 0 Å². The quantitative estimate of drug-likeness (QED) is 0.743. The van der Waals surface area contributed by atoms with Gasteiger partial charge in [-0.15, -0.1) is 0 Å². The Balaban J connectivity index is 2.43. The number of nitrogens with one attached hydrogen (secondary N) is 1. The predicted molar refractivity (Wildman–Crippen MR) is 93.9 cm³/mol. The van der Waals surface area contributed by atoms with Crippen molar-refractivity contribution in [2.75, 3.05) is 18.1 Å². The molecule has 24 heavy (non-hydrogen) atoms. The highest BCUT2D eigenvalue weighted by molar-refractivity contribution is 9.10. The molecule has 130 valence electrons. The molecule has 1 heterocycles. The first-order valence-electron chi connectivity index (χ1n) is 6.26. The van der Waals surface area contributed by atoms with Crippen LogP contribution in [0.3, 0.4) is 0 Å². The van der Waals surface area contributed by atoms with E-state index < -0.39 is 19.9 Å². The monoisotopic (exact) mass is 454 g/mol. The molecular weight excluding hydrogens is 444 g/mol. The highest BCUT2D eigenvalue weighted by Gasteiger charge is 2.23. The smallest absolute Gasteiger partial charge is 0.265 e. The molecule has 1 aromatic heterocycles. The first-order chi connectivity index (χ1) is 11.0. The Morgan fingerprint density at radius 2 is 1.88 bits per heavy atom. The lowest BCUT2D eigenvalue weighted by molar-refractivity contribution is 0.400. The number of anilines is 1. The number of halogens is 2. The zero-order chi connectivity index (χ0) is 18.1. The summed E-state index contributed by atoms with van der Waals surface area (Å²) in [6.07, 6.45) is 2.12. The van der Waals surface area contributed by atoms with Crippen LogP contribution in [0.2, 0.25) is 5.02 Å². The average molecular weight is 456 g/mol. The number of hydrogen-bond donors (Lipinski definition) is 1. The van der Waals surface area contributed by atoms with Crippen LogP contribution in [0, 0.1) is 0 Å². The SMILES string of the molecule is COc1c(Br)cc(Cl)cc1S(=O)(=O)Nc1ccc(S(C)(=O)=O)nc1. The summed E-state index contributed by atoms with van der Waals surface area (Å²) in [5.41, 5.74) is 0.0977. The molecule has 0 saturated heterocycles. The summed E-state index contributed by atoms with van der Waals surface area (Å²) < 4.78 is 55.6. The van der Waals surface area contributed by atoms with Crippen LogP contribution in [0.25, 0.3) is 0 Å². The van der Waals surface area contributed by atoms with Crippen LogP contribution in [0.4, 0.5) is 5.69 Å². The molecule has 1 N–H and O–H groups in total. The molecule has 1 aromatic carbocycles. The van der Waals surface area contributed by atoms with Gasteiger partial charge in [-0.05, 0) is 40.2 Å². The predicted octanol–water partition coefficient (Wildman–Crippen LogP) is 2.71. The number of pyridine rings is 1. The van der Waals surface area contributed by atoms with Gasteiger partial charge in [0, 0.05) is 11.3 Å². The van der Waals surface area contributed by atoms with Crippen LogP contribution in [-0.2, 0) is 19.9 Å². The molecule has 0 aliphatic carbocycles. The number of aromatic nitrogens is 1. The third-order valence-electron chi connectivity index (χ3n) is 2.84. The molecule has 0 saturated carbocycles. The second kappa shape index (κ2) is 6.87. The fourth-order valence-electron chi connectivity index (χ4n) is 1.80. The molecule has 7 nitrogen and oxygen atoms in total. The van der Waals surface area contributed by atoms with Gasteiger partial charge in [0.25, 0.3) is 10.0 Å². The van der Waals surface area contributed by atoms with Crippen LogP contribution in [-0.4, -0.2) is 35.2 Å². The van der Waals surface area contributed by atoms with Crippen molar-refractivity contribution in [3.63, 3.8) is 0 Å². The van der Waals surface area contributed by atoms with E-state index >= 15 is 0 Å². The van der Waals surface area contributed by atoms with E-state index in [0.29, 0.717) is 4.47 Å². The summed E-state index contributed by atoms with van der Waals surface area (Å²) in [6, 6.07) is 5.25. The molecule has 2 rings (SSSR count). The maximum Gasteiger partial charge on any atom is 0.265 e. The minimum atomic E-state index is -4.03. The molecule has 0 amide bonds. The highest BCUT2D eigenvalue weighted by Crippen LogP contribution is 2.36. The van der Waals surface area contributed by atoms with Crippen LogP contribution < -0.4 is 9.46 Å². The van der Waals surface area contributed by atoms with Crippen LogP contribution in [0.1, 0.15) is 0 Å². The number of rotatable bonds is 5. The maximum absolute atomic E-state index is 12.6. The molecule has 2 aromatic rings. The lowest BCUT2D eigenvalue weighted by Crippen LogP contribution is -2.15. The van der Waals surface area contributed by atoms with E-state index in [1.54, 1.807) is 0 Å². The first kappa shape index (κ1) is 19.0. The molecule has 0 aliphatic rings. The number of sulfonamides is 1. The molecule has 0 spiro atoms. The summed E-state index contributed by atoms with van der Waals surface area (Å²) in [5.74, 6) is 0.0904. The Hall–Kier alpha value is -1.36. The number of sulfone groups is 1. The van der Waals surface area contributed by atoms with Crippen LogP contribution >= 0.6 is 27.5 Å². The summed E-state index contributed by atoms with van der Waals surface area (Å²) in [4.78, 5) is 3.55. The van der Waals surface area contributed by atoms with Gasteiger partial charge >= 0.3 is 0 Å². The zero-order valence-corrected chi connectivity index (χ0v) is 16.4. The largest absolute Gasteiger partial charge is 0.494 e. The van der Waals surface area contributed by atoms with Gasteiger partial charge in [-0.3, -0.25) is 4.72 Å². The van der Waals surface area contributed by atoms with Crippen molar-refractivity contribution >= 4 is 53.1 Å². The highest BCUT2D eigenvalue weighted by atomic mass is 79.9. The van der Waals surface area contributed by atoms with E-state index in [-0.39, 0.29) is 26.4 Å². The van der Waals surface area contributed by atoms with E-state index in [9.17, 15) is 16.8 Å². The minimum absolute atomic E-state index is 0.0904. The van der Waals surface area contributed by atoms with E-state index in [1.165, 1.54) is 31.4 Å². The van der Waals surface area contributed by atoms with Gasteiger partial charge < -0.3 is 4.74 Å². The van der Waals surface area contributed by atoms with Gasteiger partial charge in [0.2, 0.25) is 0 Å². The molecule has 0 fully saturated rings. The van der Waals surface area contributed by atoms with Crippen molar-refractivity contribution in [3.8, 4) is 5.75 Å². The molecule has 0 unspecified atom stereocenters.